The average molecular weight is 307 g/mol. The van der Waals surface area contributed by atoms with Crippen molar-refractivity contribution >= 4 is 17.3 Å². The van der Waals surface area contributed by atoms with Gasteiger partial charge in [0.25, 0.3) is 5.69 Å². The second-order valence-electron chi connectivity index (χ2n) is 4.46. The molecule has 1 N–H and O–H groups in total. The van der Waals surface area contributed by atoms with Gasteiger partial charge in [-0.3, -0.25) is 10.1 Å². The lowest BCUT2D eigenvalue weighted by Crippen LogP contribution is -2.08. The summed E-state index contributed by atoms with van der Waals surface area (Å²) in [6.07, 6.45) is 0. The van der Waals surface area contributed by atoms with Gasteiger partial charge in [-0.25, -0.2) is 0 Å². The molecule has 0 bridgehead atoms. The number of nitrogens with one attached hydrogen (secondary N) is 1. The molecule has 0 fully saturated rings. The van der Waals surface area contributed by atoms with E-state index in [0.29, 0.717) is 22.9 Å². The molecule has 6 heteroatoms. The fourth-order valence-corrected chi connectivity index (χ4v) is 2.18. The summed E-state index contributed by atoms with van der Waals surface area (Å²) in [6, 6.07) is 11.9. The second-order valence-corrected chi connectivity index (χ2v) is 4.89. The molecular formula is C15H15ClN2O3. The number of nitro benzene ring substituents is 1. The van der Waals surface area contributed by atoms with Gasteiger partial charge in [0, 0.05) is 23.2 Å². The average Bonchev–Trinajstić information content (AvgIpc) is 2.47. The van der Waals surface area contributed by atoms with E-state index >= 15 is 0 Å². The number of nitro groups is 1. The molecule has 2 rings (SSSR count). The first-order chi connectivity index (χ1) is 10.1. The minimum atomic E-state index is -0.408. The summed E-state index contributed by atoms with van der Waals surface area (Å²) >= 11 is 5.96. The van der Waals surface area contributed by atoms with Gasteiger partial charge < -0.3 is 10.1 Å². The Labute approximate surface area is 127 Å². The Bertz CT molecular complexity index is 647. The number of nitrogens with zero attached hydrogens (tertiary/aromatic N) is 1. The van der Waals surface area contributed by atoms with Gasteiger partial charge in [0.1, 0.15) is 12.4 Å². The van der Waals surface area contributed by atoms with Gasteiger partial charge >= 0.3 is 0 Å². The highest BCUT2D eigenvalue weighted by Gasteiger charge is 2.13. The highest BCUT2D eigenvalue weighted by atomic mass is 35.5. The van der Waals surface area contributed by atoms with Crippen LogP contribution in [0.4, 0.5) is 5.69 Å². The zero-order valence-electron chi connectivity index (χ0n) is 11.5. The molecule has 0 amide bonds. The van der Waals surface area contributed by atoms with Crippen LogP contribution < -0.4 is 10.1 Å². The summed E-state index contributed by atoms with van der Waals surface area (Å²) in [4.78, 5) is 10.6. The van der Waals surface area contributed by atoms with E-state index in [9.17, 15) is 10.1 Å². The number of para-hydroxylation sites is 1. The minimum Gasteiger partial charge on any atom is -0.488 e. The molecule has 21 heavy (non-hydrogen) atoms. The monoisotopic (exact) mass is 306 g/mol. The standard InChI is InChI=1S/C15H15ClN2O3/c1-17-9-12-8-13(16)6-7-15(12)21-10-11-4-2-3-5-14(11)18(19)20/h2-8,17H,9-10H2,1H3. The maximum Gasteiger partial charge on any atom is 0.276 e. The number of rotatable bonds is 6. The van der Waals surface area contributed by atoms with Crippen LogP contribution in [0.1, 0.15) is 11.1 Å². The Morgan fingerprint density at radius 3 is 2.71 bits per heavy atom. The van der Waals surface area contributed by atoms with Gasteiger partial charge in [-0.2, -0.15) is 0 Å². The molecule has 0 spiro atoms. The van der Waals surface area contributed by atoms with Crippen LogP contribution in [-0.2, 0) is 13.2 Å². The fraction of sp³-hybridized carbons (Fsp3) is 0.200. The lowest BCUT2D eigenvalue weighted by molar-refractivity contribution is -0.385. The van der Waals surface area contributed by atoms with E-state index in [4.69, 9.17) is 16.3 Å². The molecule has 0 unspecified atom stereocenters. The van der Waals surface area contributed by atoms with Crippen molar-refractivity contribution in [1.82, 2.24) is 5.32 Å². The highest BCUT2D eigenvalue weighted by molar-refractivity contribution is 6.30. The molecule has 0 atom stereocenters. The number of ether oxygens (including phenoxy) is 1. The van der Waals surface area contributed by atoms with E-state index in [2.05, 4.69) is 5.32 Å². The Morgan fingerprint density at radius 1 is 1.24 bits per heavy atom. The fourth-order valence-electron chi connectivity index (χ4n) is 1.98. The first kappa shape index (κ1) is 15.3. The molecule has 0 radical (unpaired) electrons. The SMILES string of the molecule is CNCc1cc(Cl)ccc1OCc1ccccc1[N+](=O)[O-]. The lowest BCUT2D eigenvalue weighted by Gasteiger charge is -2.12. The van der Waals surface area contributed by atoms with E-state index in [1.165, 1.54) is 6.07 Å². The third-order valence-corrected chi connectivity index (χ3v) is 3.20. The van der Waals surface area contributed by atoms with Crippen molar-refractivity contribution in [3.05, 3.63) is 68.7 Å². The van der Waals surface area contributed by atoms with Crippen LogP contribution in [0.5, 0.6) is 5.75 Å². The van der Waals surface area contributed by atoms with E-state index in [-0.39, 0.29) is 12.3 Å². The van der Waals surface area contributed by atoms with Gasteiger partial charge in [0.2, 0.25) is 0 Å². The normalized spacial score (nSPS) is 10.4. The van der Waals surface area contributed by atoms with E-state index in [1.807, 2.05) is 13.1 Å². The predicted octanol–water partition coefficient (Wildman–Crippen LogP) is 3.55. The van der Waals surface area contributed by atoms with Crippen molar-refractivity contribution in [2.75, 3.05) is 7.05 Å². The summed E-state index contributed by atoms with van der Waals surface area (Å²) in [7, 11) is 1.83. The first-order valence-corrected chi connectivity index (χ1v) is 6.77. The zero-order chi connectivity index (χ0) is 15.2. The van der Waals surface area contributed by atoms with Crippen molar-refractivity contribution < 1.29 is 9.66 Å². The van der Waals surface area contributed by atoms with Crippen LogP contribution in [0, 0.1) is 10.1 Å². The lowest BCUT2D eigenvalue weighted by atomic mass is 10.2. The number of hydrogen-bond donors (Lipinski definition) is 1. The van der Waals surface area contributed by atoms with Crippen molar-refractivity contribution in [3.63, 3.8) is 0 Å². The molecule has 110 valence electrons. The van der Waals surface area contributed by atoms with Gasteiger partial charge in [0.15, 0.2) is 0 Å². The molecule has 5 nitrogen and oxygen atoms in total. The third-order valence-electron chi connectivity index (χ3n) is 2.96. The first-order valence-electron chi connectivity index (χ1n) is 6.40. The second kappa shape index (κ2) is 7.06. The molecule has 0 aromatic heterocycles. The molecule has 2 aromatic rings. The number of halogens is 1. The molecule has 0 saturated carbocycles. The van der Waals surface area contributed by atoms with Gasteiger partial charge in [-0.05, 0) is 31.3 Å². The topological polar surface area (TPSA) is 64.4 Å². The van der Waals surface area contributed by atoms with E-state index in [1.54, 1.807) is 30.3 Å². The molecular weight excluding hydrogens is 292 g/mol. The van der Waals surface area contributed by atoms with Crippen LogP contribution in [-0.4, -0.2) is 12.0 Å². The Balaban J connectivity index is 2.19. The molecule has 0 aliphatic carbocycles. The third kappa shape index (κ3) is 3.93. The quantitative estimate of drug-likeness (QED) is 0.655. The molecule has 2 aromatic carbocycles. The Hall–Kier alpha value is -2.11. The molecule has 0 aliphatic rings. The van der Waals surface area contributed by atoms with Gasteiger partial charge in [-0.15, -0.1) is 0 Å². The van der Waals surface area contributed by atoms with Crippen LogP contribution >= 0.6 is 11.6 Å². The molecule has 0 saturated heterocycles. The van der Waals surface area contributed by atoms with Gasteiger partial charge in [0.05, 0.1) is 10.5 Å². The van der Waals surface area contributed by atoms with Crippen LogP contribution in [0.2, 0.25) is 5.02 Å². The van der Waals surface area contributed by atoms with E-state index < -0.39 is 4.92 Å². The predicted molar refractivity (Wildman–Crippen MR) is 81.6 cm³/mol. The summed E-state index contributed by atoms with van der Waals surface area (Å²) in [5.41, 5.74) is 1.50. The van der Waals surface area contributed by atoms with Crippen LogP contribution in [0.3, 0.4) is 0 Å². The highest BCUT2D eigenvalue weighted by Crippen LogP contribution is 2.25. The van der Waals surface area contributed by atoms with Crippen LogP contribution in [0.15, 0.2) is 42.5 Å². The zero-order valence-corrected chi connectivity index (χ0v) is 12.3. The largest absolute Gasteiger partial charge is 0.488 e. The molecule has 0 aliphatic heterocycles. The van der Waals surface area contributed by atoms with Crippen LogP contribution in [0.25, 0.3) is 0 Å². The Kier molecular flexibility index (Phi) is 5.14. The minimum absolute atomic E-state index is 0.0571. The maximum absolute atomic E-state index is 11.0. The smallest absolute Gasteiger partial charge is 0.276 e. The molecule has 0 heterocycles. The summed E-state index contributed by atoms with van der Waals surface area (Å²) in [5, 5.41) is 14.6. The maximum atomic E-state index is 11.0. The summed E-state index contributed by atoms with van der Waals surface area (Å²) < 4.78 is 5.72. The van der Waals surface area contributed by atoms with Crippen molar-refractivity contribution in [1.29, 1.82) is 0 Å². The van der Waals surface area contributed by atoms with Crippen molar-refractivity contribution in [2.45, 2.75) is 13.2 Å². The summed E-state index contributed by atoms with van der Waals surface area (Å²) in [6.45, 7) is 0.738. The Morgan fingerprint density at radius 2 is 2.00 bits per heavy atom. The van der Waals surface area contributed by atoms with E-state index in [0.717, 1.165) is 5.56 Å². The van der Waals surface area contributed by atoms with Gasteiger partial charge in [-0.1, -0.05) is 23.7 Å². The van der Waals surface area contributed by atoms with Crippen molar-refractivity contribution in [2.24, 2.45) is 0 Å². The van der Waals surface area contributed by atoms with Crippen molar-refractivity contribution in [3.8, 4) is 5.75 Å². The number of benzene rings is 2. The number of hydrogen-bond acceptors (Lipinski definition) is 4. The summed E-state index contributed by atoms with van der Waals surface area (Å²) in [5.74, 6) is 0.659.